The van der Waals surface area contributed by atoms with Crippen LogP contribution in [0.5, 0.6) is 0 Å². The molecule has 102 valence electrons. The van der Waals surface area contributed by atoms with Crippen molar-refractivity contribution < 1.29 is 0 Å². The molecule has 1 aliphatic rings. The minimum atomic E-state index is 0.449. The van der Waals surface area contributed by atoms with E-state index in [0.29, 0.717) is 12.1 Å². The Morgan fingerprint density at radius 2 is 2.50 bits per heavy atom. The zero-order valence-corrected chi connectivity index (χ0v) is 12.4. The summed E-state index contributed by atoms with van der Waals surface area (Å²) in [5, 5.41) is 5.79. The number of nitrogens with one attached hydrogen (secondary N) is 1. The van der Waals surface area contributed by atoms with Crippen molar-refractivity contribution in [2.45, 2.75) is 51.6 Å². The third-order valence-electron chi connectivity index (χ3n) is 3.84. The molecule has 3 nitrogen and oxygen atoms in total. The standard InChI is InChI=1S/C14H25N3S/c1-3-4-8-17(9-13-6-5-7-15-13)12(2)14-10-18-11-16-14/h10-13,15H,3-9H2,1-2H3. The summed E-state index contributed by atoms with van der Waals surface area (Å²) in [4.78, 5) is 7.07. The zero-order valence-electron chi connectivity index (χ0n) is 11.6. The van der Waals surface area contributed by atoms with E-state index in [1.165, 1.54) is 51.0 Å². The summed E-state index contributed by atoms with van der Waals surface area (Å²) in [5.74, 6) is 0. The highest BCUT2D eigenvalue weighted by Gasteiger charge is 2.22. The van der Waals surface area contributed by atoms with E-state index in [0.717, 1.165) is 0 Å². The van der Waals surface area contributed by atoms with Gasteiger partial charge in [-0.3, -0.25) is 4.90 Å². The Hall–Kier alpha value is -0.450. The van der Waals surface area contributed by atoms with Gasteiger partial charge in [0.2, 0.25) is 0 Å². The Labute approximate surface area is 115 Å². The lowest BCUT2D eigenvalue weighted by Crippen LogP contribution is -2.39. The molecular weight excluding hydrogens is 242 g/mol. The van der Waals surface area contributed by atoms with Gasteiger partial charge in [-0.2, -0.15) is 0 Å². The van der Waals surface area contributed by atoms with Crippen LogP contribution in [0.25, 0.3) is 0 Å². The summed E-state index contributed by atoms with van der Waals surface area (Å²) < 4.78 is 0. The molecule has 2 unspecified atom stereocenters. The average molecular weight is 267 g/mol. The Balaban J connectivity index is 1.94. The molecule has 0 aliphatic carbocycles. The Morgan fingerprint density at radius 1 is 1.61 bits per heavy atom. The third kappa shape index (κ3) is 3.77. The molecule has 0 bridgehead atoms. The van der Waals surface area contributed by atoms with Gasteiger partial charge in [0.05, 0.1) is 17.2 Å². The van der Waals surface area contributed by atoms with Crippen LogP contribution in [-0.2, 0) is 0 Å². The molecule has 0 saturated carbocycles. The lowest BCUT2D eigenvalue weighted by molar-refractivity contribution is 0.187. The molecule has 1 aliphatic heterocycles. The quantitative estimate of drug-likeness (QED) is 0.823. The van der Waals surface area contributed by atoms with E-state index < -0.39 is 0 Å². The number of hydrogen-bond acceptors (Lipinski definition) is 4. The first-order valence-corrected chi connectivity index (χ1v) is 8.11. The van der Waals surface area contributed by atoms with E-state index in [-0.39, 0.29) is 0 Å². The van der Waals surface area contributed by atoms with Crippen molar-refractivity contribution in [3.05, 3.63) is 16.6 Å². The Kier molecular flexibility index (Phi) is 5.60. The molecule has 4 heteroatoms. The van der Waals surface area contributed by atoms with E-state index in [1.54, 1.807) is 11.3 Å². The number of rotatable bonds is 7. The van der Waals surface area contributed by atoms with Crippen molar-refractivity contribution in [1.82, 2.24) is 15.2 Å². The predicted octanol–water partition coefficient (Wildman–Crippen LogP) is 3.06. The topological polar surface area (TPSA) is 28.2 Å². The fourth-order valence-electron chi connectivity index (χ4n) is 2.62. The maximum Gasteiger partial charge on any atom is 0.0795 e. The normalized spacial score (nSPS) is 21.6. The molecule has 0 amide bonds. The van der Waals surface area contributed by atoms with E-state index in [2.05, 4.69) is 34.4 Å². The molecule has 18 heavy (non-hydrogen) atoms. The van der Waals surface area contributed by atoms with E-state index >= 15 is 0 Å². The van der Waals surface area contributed by atoms with Gasteiger partial charge in [0.1, 0.15) is 0 Å². The van der Waals surface area contributed by atoms with Gasteiger partial charge in [-0.25, -0.2) is 4.98 Å². The summed E-state index contributed by atoms with van der Waals surface area (Å²) in [6.45, 7) is 8.10. The van der Waals surface area contributed by atoms with Crippen LogP contribution in [0.3, 0.4) is 0 Å². The van der Waals surface area contributed by atoms with Gasteiger partial charge in [0.15, 0.2) is 0 Å². The fraction of sp³-hybridized carbons (Fsp3) is 0.786. The molecule has 0 spiro atoms. The van der Waals surface area contributed by atoms with Gasteiger partial charge in [0.25, 0.3) is 0 Å². The summed E-state index contributed by atoms with van der Waals surface area (Å²) in [6, 6.07) is 1.13. The molecule has 2 rings (SSSR count). The van der Waals surface area contributed by atoms with E-state index in [4.69, 9.17) is 0 Å². The molecule has 0 aromatic carbocycles. The highest BCUT2D eigenvalue weighted by Crippen LogP contribution is 2.22. The van der Waals surface area contributed by atoms with Gasteiger partial charge >= 0.3 is 0 Å². The summed E-state index contributed by atoms with van der Waals surface area (Å²) >= 11 is 1.70. The molecule has 2 atom stereocenters. The van der Waals surface area contributed by atoms with Gasteiger partial charge in [-0.15, -0.1) is 11.3 Å². The van der Waals surface area contributed by atoms with Crippen LogP contribution in [-0.4, -0.2) is 35.6 Å². The largest absolute Gasteiger partial charge is 0.313 e. The smallest absolute Gasteiger partial charge is 0.0795 e. The number of nitrogens with zero attached hydrogens (tertiary/aromatic N) is 2. The van der Waals surface area contributed by atoms with Gasteiger partial charge in [0, 0.05) is 18.0 Å². The van der Waals surface area contributed by atoms with Crippen LogP contribution in [0, 0.1) is 0 Å². The first-order chi connectivity index (χ1) is 8.81. The van der Waals surface area contributed by atoms with Crippen molar-refractivity contribution in [3.63, 3.8) is 0 Å². The monoisotopic (exact) mass is 267 g/mol. The molecule has 1 aromatic heterocycles. The number of aromatic nitrogens is 1. The van der Waals surface area contributed by atoms with Crippen LogP contribution in [0.2, 0.25) is 0 Å². The highest BCUT2D eigenvalue weighted by atomic mass is 32.1. The molecule has 2 heterocycles. The second kappa shape index (κ2) is 7.22. The first kappa shape index (κ1) is 14.0. The van der Waals surface area contributed by atoms with Crippen molar-refractivity contribution in [2.24, 2.45) is 0 Å². The number of thiazole rings is 1. The third-order valence-corrected chi connectivity index (χ3v) is 4.45. The second-order valence-electron chi connectivity index (χ2n) is 5.23. The van der Waals surface area contributed by atoms with Crippen LogP contribution < -0.4 is 5.32 Å². The maximum atomic E-state index is 4.48. The lowest BCUT2D eigenvalue weighted by atomic mass is 10.1. The predicted molar refractivity (Wildman–Crippen MR) is 78.0 cm³/mol. The Morgan fingerprint density at radius 3 is 3.11 bits per heavy atom. The van der Waals surface area contributed by atoms with Crippen molar-refractivity contribution in [2.75, 3.05) is 19.6 Å². The molecule has 1 aromatic rings. The Bertz CT molecular complexity index is 320. The average Bonchev–Trinajstić information content (AvgIpc) is 3.06. The summed E-state index contributed by atoms with van der Waals surface area (Å²) in [5.41, 5.74) is 3.17. The molecule has 1 N–H and O–H groups in total. The fourth-order valence-corrected chi connectivity index (χ4v) is 3.26. The molecule has 1 fully saturated rings. The molecular formula is C14H25N3S. The molecule has 0 radical (unpaired) electrons. The SMILES string of the molecule is CCCCN(CC1CCCN1)C(C)c1cscn1. The van der Waals surface area contributed by atoms with E-state index in [9.17, 15) is 0 Å². The van der Waals surface area contributed by atoms with Gasteiger partial charge < -0.3 is 5.32 Å². The van der Waals surface area contributed by atoms with Crippen LogP contribution in [0.15, 0.2) is 10.9 Å². The summed E-state index contributed by atoms with van der Waals surface area (Å²) in [7, 11) is 0. The number of hydrogen-bond donors (Lipinski definition) is 1. The van der Waals surface area contributed by atoms with Crippen molar-refractivity contribution in [1.29, 1.82) is 0 Å². The molecule has 1 saturated heterocycles. The highest BCUT2D eigenvalue weighted by molar-refractivity contribution is 7.07. The maximum absolute atomic E-state index is 4.48. The minimum Gasteiger partial charge on any atom is -0.313 e. The van der Waals surface area contributed by atoms with Crippen molar-refractivity contribution in [3.8, 4) is 0 Å². The summed E-state index contributed by atoms with van der Waals surface area (Å²) in [6.07, 6.45) is 5.20. The second-order valence-corrected chi connectivity index (χ2v) is 5.95. The number of unbranched alkanes of at least 4 members (excludes halogenated alkanes) is 1. The van der Waals surface area contributed by atoms with Crippen molar-refractivity contribution >= 4 is 11.3 Å². The van der Waals surface area contributed by atoms with Crippen LogP contribution in [0.4, 0.5) is 0 Å². The first-order valence-electron chi connectivity index (χ1n) is 7.16. The van der Waals surface area contributed by atoms with Crippen LogP contribution in [0.1, 0.15) is 51.3 Å². The van der Waals surface area contributed by atoms with Gasteiger partial charge in [-0.05, 0) is 39.3 Å². The van der Waals surface area contributed by atoms with Gasteiger partial charge in [-0.1, -0.05) is 13.3 Å². The minimum absolute atomic E-state index is 0.449. The zero-order chi connectivity index (χ0) is 12.8. The lowest BCUT2D eigenvalue weighted by Gasteiger charge is -2.30. The van der Waals surface area contributed by atoms with E-state index in [1.807, 2.05) is 5.51 Å². The van der Waals surface area contributed by atoms with Crippen LogP contribution >= 0.6 is 11.3 Å².